The van der Waals surface area contributed by atoms with Crippen molar-refractivity contribution in [2.24, 2.45) is 0 Å². The van der Waals surface area contributed by atoms with Crippen LogP contribution in [0.1, 0.15) is 26.2 Å². The van der Waals surface area contributed by atoms with Gasteiger partial charge in [-0.2, -0.15) is 0 Å². The summed E-state index contributed by atoms with van der Waals surface area (Å²) in [6.07, 6.45) is 4.67. The largest absolute Gasteiger partial charge is 0.498 e. The minimum Gasteiger partial charge on any atom is -0.498 e. The Morgan fingerprint density at radius 1 is 1.80 bits per heavy atom. The Balaban J connectivity index is 2.31. The zero-order valence-corrected chi connectivity index (χ0v) is 6.34. The van der Waals surface area contributed by atoms with Crippen LogP contribution in [0.25, 0.3) is 0 Å². The van der Waals surface area contributed by atoms with E-state index in [9.17, 15) is 0 Å². The van der Waals surface area contributed by atoms with Crippen LogP contribution in [0.15, 0.2) is 11.8 Å². The first kappa shape index (κ1) is 7.61. The molecule has 1 rings (SSSR count). The third kappa shape index (κ3) is 2.40. The van der Waals surface area contributed by atoms with Gasteiger partial charge in [0.15, 0.2) is 0 Å². The second-order valence-electron chi connectivity index (χ2n) is 2.71. The first-order chi connectivity index (χ1) is 4.79. The molecule has 0 aromatic rings. The number of hydrogen-bond donors (Lipinski definition) is 1. The van der Waals surface area contributed by atoms with Gasteiger partial charge in [-0.25, -0.2) is 0 Å². The zero-order valence-electron chi connectivity index (χ0n) is 6.34. The van der Waals surface area contributed by atoms with Gasteiger partial charge >= 0.3 is 0 Å². The number of aliphatic hydroxyl groups excluding tert-OH is 1. The fraction of sp³-hybridized carbons (Fsp3) is 0.750. The maximum Gasteiger partial charge on any atom is 0.0945 e. The summed E-state index contributed by atoms with van der Waals surface area (Å²) in [7, 11) is 0. The fourth-order valence-electron chi connectivity index (χ4n) is 1.04. The van der Waals surface area contributed by atoms with Gasteiger partial charge < -0.3 is 9.84 Å². The number of rotatable bonds is 2. The molecule has 0 saturated heterocycles. The van der Waals surface area contributed by atoms with Crippen molar-refractivity contribution >= 4 is 0 Å². The molecular weight excluding hydrogens is 128 g/mol. The summed E-state index contributed by atoms with van der Waals surface area (Å²) >= 11 is 0. The summed E-state index contributed by atoms with van der Waals surface area (Å²) in [4.78, 5) is 0. The molecule has 1 heterocycles. The highest BCUT2D eigenvalue weighted by Gasteiger charge is 2.06. The molecule has 0 aliphatic carbocycles. The van der Waals surface area contributed by atoms with Crippen LogP contribution in [0.5, 0.6) is 0 Å². The molecule has 1 unspecified atom stereocenters. The minimum atomic E-state index is -0.274. The van der Waals surface area contributed by atoms with E-state index < -0.39 is 0 Å². The molecule has 0 amide bonds. The molecule has 1 N–H and O–H groups in total. The van der Waals surface area contributed by atoms with Crippen molar-refractivity contribution in [3.05, 3.63) is 11.8 Å². The van der Waals surface area contributed by atoms with Gasteiger partial charge in [0.1, 0.15) is 0 Å². The monoisotopic (exact) mass is 142 g/mol. The van der Waals surface area contributed by atoms with E-state index in [2.05, 4.69) is 6.08 Å². The summed E-state index contributed by atoms with van der Waals surface area (Å²) in [6.45, 7) is 2.59. The lowest BCUT2D eigenvalue weighted by Gasteiger charge is -2.15. The minimum absolute atomic E-state index is 0.274. The Kier molecular flexibility index (Phi) is 2.75. The molecule has 58 valence electrons. The van der Waals surface area contributed by atoms with E-state index in [4.69, 9.17) is 9.84 Å². The van der Waals surface area contributed by atoms with Gasteiger partial charge in [-0.3, -0.25) is 0 Å². The van der Waals surface area contributed by atoms with Crippen molar-refractivity contribution in [1.29, 1.82) is 0 Å². The lowest BCUT2D eigenvalue weighted by molar-refractivity contribution is 0.133. The Morgan fingerprint density at radius 2 is 2.60 bits per heavy atom. The molecule has 0 spiro atoms. The Bertz CT molecular complexity index is 127. The first-order valence-electron chi connectivity index (χ1n) is 3.79. The van der Waals surface area contributed by atoms with Crippen molar-refractivity contribution < 1.29 is 9.84 Å². The van der Waals surface area contributed by atoms with E-state index in [-0.39, 0.29) is 6.10 Å². The average molecular weight is 142 g/mol. The molecule has 0 saturated carbocycles. The SMILES string of the molecule is CC(O)CC1=CCCCO1. The second-order valence-corrected chi connectivity index (χ2v) is 2.71. The van der Waals surface area contributed by atoms with Crippen LogP contribution in [0.3, 0.4) is 0 Å². The van der Waals surface area contributed by atoms with Crippen LogP contribution in [0.2, 0.25) is 0 Å². The molecule has 0 aromatic carbocycles. The van der Waals surface area contributed by atoms with E-state index in [1.807, 2.05) is 0 Å². The third-order valence-electron chi connectivity index (χ3n) is 1.50. The van der Waals surface area contributed by atoms with E-state index in [0.717, 1.165) is 25.2 Å². The van der Waals surface area contributed by atoms with E-state index in [1.54, 1.807) is 6.92 Å². The number of hydrogen-bond acceptors (Lipinski definition) is 2. The summed E-state index contributed by atoms with van der Waals surface area (Å²) in [5, 5.41) is 8.98. The van der Waals surface area contributed by atoms with Crippen molar-refractivity contribution in [1.82, 2.24) is 0 Å². The van der Waals surface area contributed by atoms with Gasteiger partial charge in [-0.1, -0.05) is 0 Å². The zero-order chi connectivity index (χ0) is 7.40. The maximum atomic E-state index is 8.98. The Morgan fingerprint density at radius 3 is 3.10 bits per heavy atom. The van der Waals surface area contributed by atoms with Crippen LogP contribution in [-0.2, 0) is 4.74 Å². The van der Waals surface area contributed by atoms with Crippen molar-refractivity contribution in [3.8, 4) is 0 Å². The van der Waals surface area contributed by atoms with Gasteiger partial charge in [0.05, 0.1) is 18.5 Å². The molecule has 0 bridgehead atoms. The predicted molar refractivity (Wildman–Crippen MR) is 39.6 cm³/mol. The summed E-state index contributed by atoms with van der Waals surface area (Å²) in [5.74, 6) is 0.959. The molecule has 0 radical (unpaired) electrons. The van der Waals surface area contributed by atoms with Gasteiger partial charge in [0, 0.05) is 6.42 Å². The molecular formula is C8H14O2. The molecule has 1 aliphatic rings. The molecule has 10 heavy (non-hydrogen) atoms. The van der Waals surface area contributed by atoms with Crippen molar-refractivity contribution in [3.63, 3.8) is 0 Å². The lowest BCUT2D eigenvalue weighted by atomic mass is 10.2. The summed E-state index contributed by atoms with van der Waals surface area (Å²) in [6, 6.07) is 0. The molecule has 1 atom stereocenters. The third-order valence-corrected chi connectivity index (χ3v) is 1.50. The van der Waals surface area contributed by atoms with E-state index >= 15 is 0 Å². The fourth-order valence-corrected chi connectivity index (χ4v) is 1.04. The van der Waals surface area contributed by atoms with Gasteiger partial charge in [-0.05, 0) is 25.8 Å². The van der Waals surface area contributed by atoms with E-state index in [0.29, 0.717) is 6.42 Å². The summed E-state index contributed by atoms with van der Waals surface area (Å²) < 4.78 is 5.29. The van der Waals surface area contributed by atoms with Crippen molar-refractivity contribution in [2.75, 3.05) is 6.61 Å². The highest BCUT2D eigenvalue weighted by atomic mass is 16.5. The molecule has 1 aliphatic heterocycles. The van der Waals surface area contributed by atoms with Crippen LogP contribution in [-0.4, -0.2) is 17.8 Å². The van der Waals surface area contributed by atoms with Crippen LogP contribution in [0.4, 0.5) is 0 Å². The highest BCUT2D eigenvalue weighted by Crippen LogP contribution is 2.14. The second kappa shape index (κ2) is 3.62. The quantitative estimate of drug-likeness (QED) is 0.632. The maximum absolute atomic E-state index is 8.98. The van der Waals surface area contributed by atoms with Crippen molar-refractivity contribution in [2.45, 2.75) is 32.3 Å². The van der Waals surface area contributed by atoms with E-state index in [1.165, 1.54) is 0 Å². The molecule has 0 fully saturated rings. The standard InChI is InChI=1S/C8H14O2/c1-7(9)6-8-4-2-3-5-10-8/h4,7,9H,2-3,5-6H2,1H3. The Hall–Kier alpha value is -0.500. The predicted octanol–water partition coefficient (Wildman–Crippen LogP) is 1.45. The number of allylic oxidation sites excluding steroid dienone is 1. The normalized spacial score (nSPS) is 21.2. The highest BCUT2D eigenvalue weighted by molar-refractivity contribution is 4.96. The lowest BCUT2D eigenvalue weighted by Crippen LogP contribution is -2.07. The number of aliphatic hydroxyl groups is 1. The van der Waals surface area contributed by atoms with Gasteiger partial charge in [0.2, 0.25) is 0 Å². The van der Waals surface area contributed by atoms with Crippen LogP contribution < -0.4 is 0 Å². The topological polar surface area (TPSA) is 29.5 Å². The molecule has 0 aromatic heterocycles. The van der Waals surface area contributed by atoms with Crippen LogP contribution in [0, 0.1) is 0 Å². The Labute approximate surface area is 61.5 Å². The molecule has 2 heteroatoms. The van der Waals surface area contributed by atoms with Gasteiger partial charge in [0.25, 0.3) is 0 Å². The summed E-state index contributed by atoms with van der Waals surface area (Å²) in [5.41, 5.74) is 0. The first-order valence-corrected chi connectivity index (χ1v) is 3.79. The smallest absolute Gasteiger partial charge is 0.0945 e. The molecule has 2 nitrogen and oxygen atoms in total. The average Bonchev–Trinajstić information content (AvgIpc) is 1.88. The van der Waals surface area contributed by atoms with Crippen LogP contribution >= 0.6 is 0 Å². The number of ether oxygens (including phenoxy) is 1. The van der Waals surface area contributed by atoms with Gasteiger partial charge in [-0.15, -0.1) is 0 Å².